The number of rotatable bonds is 5. The van der Waals surface area contributed by atoms with Crippen LogP contribution in [0.1, 0.15) is 42.0 Å². The minimum Gasteiger partial charge on any atom is -0.204 e. The lowest BCUT2D eigenvalue weighted by atomic mass is 9.97. The zero-order valence-corrected chi connectivity index (χ0v) is 17.7. The Balaban J connectivity index is 1.82. The van der Waals surface area contributed by atoms with E-state index in [0.717, 1.165) is 40.8 Å². The second-order valence-electron chi connectivity index (χ2n) is 7.07. The quantitative estimate of drug-likeness (QED) is 0.239. The predicted octanol–water partition coefficient (Wildman–Crippen LogP) is 7.42. The molecule has 4 heteroatoms. The van der Waals surface area contributed by atoms with E-state index in [9.17, 15) is 8.78 Å². The molecule has 0 N–H and O–H groups in total. The van der Waals surface area contributed by atoms with E-state index in [2.05, 4.69) is 60.2 Å². The molecule has 0 radical (unpaired) electrons. The maximum Gasteiger partial charge on any atom is 0.153 e. The molecule has 3 aromatic carbocycles. The van der Waals surface area contributed by atoms with E-state index in [1.807, 2.05) is 30.3 Å². The van der Waals surface area contributed by atoms with Crippen LogP contribution in [-0.4, -0.2) is 5.16 Å². The molecule has 30 heavy (non-hydrogen) atoms. The highest BCUT2D eigenvalue weighted by molar-refractivity contribution is 7.78. The number of aryl methyl sites for hydroxylation is 2. The number of halogens is 2. The molecule has 0 aliphatic rings. The number of unbranched alkanes of at least 4 members (excludes halogenated alkanes) is 1. The van der Waals surface area contributed by atoms with Crippen LogP contribution >= 0.6 is 12.2 Å². The fourth-order valence-electron chi connectivity index (χ4n) is 3.23. The van der Waals surface area contributed by atoms with Crippen molar-refractivity contribution in [3.05, 3.63) is 88.5 Å². The molecular weight excluding hydrogens is 396 g/mol. The third kappa shape index (κ3) is 5.27. The van der Waals surface area contributed by atoms with Gasteiger partial charge >= 0.3 is 0 Å². The molecule has 0 saturated carbocycles. The van der Waals surface area contributed by atoms with Crippen molar-refractivity contribution in [2.45, 2.75) is 33.1 Å². The Kier molecular flexibility index (Phi) is 7.25. The molecule has 0 aliphatic heterocycles. The van der Waals surface area contributed by atoms with Gasteiger partial charge in [0.05, 0.1) is 5.16 Å². The minimum atomic E-state index is -0.814. The maximum absolute atomic E-state index is 13.9. The molecule has 0 spiro atoms. The van der Waals surface area contributed by atoms with Gasteiger partial charge in [-0.1, -0.05) is 55.5 Å². The van der Waals surface area contributed by atoms with Gasteiger partial charge in [0.2, 0.25) is 0 Å². The molecule has 150 valence electrons. The Morgan fingerprint density at radius 1 is 0.900 bits per heavy atom. The number of aliphatic imine (C=N–C) groups is 1. The van der Waals surface area contributed by atoms with Gasteiger partial charge in [-0.25, -0.2) is 8.78 Å². The summed E-state index contributed by atoms with van der Waals surface area (Å²) in [6.07, 6.45) is 3.49. The van der Waals surface area contributed by atoms with Crippen molar-refractivity contribution >= 4 is 23.1 Å². The summed E-state index contributed by atoms with van der Waals surface area (Å²) in [6, 6.07) is 16.9. The molecule has 0 heterocycles. The van der Waals surface area contributed by atoms with Gasteiger partial charge in [0, 0.05) is 11.1 Å². The van der Waals surface area contributed by atoms with Gasteiger partial charge in [0.1, 0.15) is 5.69 Å². The maximum atomic E-state index is 13.9. The highest BCUT2D eigenvalue weighted by Crippen LogP contribution is 2.26. The van der Waals surface area contributed by atoms with Crippen molar-refractivity contribution in [1.82, 2.24) is 0 Å². The summed E-state index contributed by atoms with van der Waals surface area (Å²) in [7, 11) is 0. The Bertz CT molecular complexity index is 1140. The van der Waals surface area contributed by atoms with Crippen LogP contribution in [0.3, 0.4) is 0 Å². The number of thiocarbonyl (C=S) groups is 1. The van der Waals surface area contributed by atoms with E-state index in [0.29, 0.717) is 0 Å². The van der Waals surface area contributed by atoms with E-state index in [1.165, 1.54) is 18.4 Å². The van der Waals surface area contributed by atoms with Gasteiger partial charge in [-0.3, -0.25) is 0 Å². The normalized spacial score (nSPS) is 10.1. The van der Waals surface area contributed by atoms with Crippen molar-refractivity contribution in [3.63, 3.8) is 0 Å². The van der Waals surface area contributed by atoms with E-state index in [-0.39, 0.29) is 5.56 Å². The average molecular weight is 418 g/mol. The van der Waals surface area contributed by atoms with Crippen LogP contribution in [0.4, 0.5) is 14.5 Å². The molecule has 0 unspecified atom stereocenters. The lowest BCUT2D eigenvalue weighted by Gasteiger charge is -2.08. The lowest BCUT2D eigenvalue weighted by molar-refractivity contribution is 0.587. The summed E-state index contributed by atoms with van der Waals surface area (Å²) in [6.45, 7) is 4.23. The smallest absolute Gasteiger partial charge is 0.153 e. The Labute approximate surface area is 181 Å². The topological polar surface area (TPSA) is 12.4 Å². The molecule has 0 fully saturated rings. The van der Waals surface area contributed by atoms with Crippen LogP contribution in [0.2, 0.25) is 0 Å². The standard InChI is InChI=1S/C26H21F2NS/c1-3-4-5-19-8-11-22(12-9-19)23-13-10-20(14-18(23)2)6-7-21-15-24(27)26(29-17-30)25(28)16-21/h8-16H,3-5H2,1-2H3. The molecule has 3 rings (SSSR count). The first-order chi connectivity index (χ1) is 14.5. The van der Waals surface area contributed by atoms with Crippen LogP contribution in [0.15, 0.2) is 59.6 Å². The summed E-state index contributed by atoms with van der Waals surface area (Å²) in [5.41, 5.74) is 5.30. The molecule has 1 nitrogen and oxygen atoms in total. The Hall–Kier alpha value is -3.12. The number of hydrogen-bond acceptors (Lipinski definition) is 2. The molecular formula is C26H21F2NS. The SMILES string of the molecule is CCCCc1ccc(-c2ccc(C#Cc3cc(F)c(N=C=S)c(F)c3)cc2C)cc1. The zero-order valence-electron chi connectivity index (χ0n) is 16.9. The monoisotopic (exact) mass is 417 g/mol. The van der Waals surface area contributed by atoms with Crippen LogP contribution < -0.4 is 0 Å². The summed E-state index contributed by atoms with van der Waals surface area (Å²) in [5, 5.41) is 1.97. The summed E-state index contributed by atoms with van der Waals surface area (Å²) in [5.74, 6) is 4.15. The highest BCUT2D eigenvalue weighted by Gasteiger charge is 2.09. The second-order valence-corrected chi connectivity index (χ2v) is 7.25. The largest absolute Gasteiger partial charge is 0.204 e. The van der Waals surface area contributed by atoms with Gasteiger partial charge in [-0.15, -0.1) is 0 Å². The first-order valence-electron chi connectivity index (χ1n) is 9.80. The first-order valence-corrected chi connectivity index (χ1v) is 10.2. The number of isothiocyanates is 1. The minimum absolute atomic E-state index is 0.234. The van der Waals surface area contributed by atoms with Crippen molar-refractivity contribution in [2.75, 3.05) is 0 Å². The van der Waals surface area contributed by atoms with Gasteiger partial charge in [-0.05, 0) is 78.5 Å². The van der Waals surface area contributed by atoms with Crippen molar-refractivity contribution in [2.24, 2.45) is 4.99 Å². The fourth-order valence-corrected chi connectivity index (χ4v) is 3.32. The van der Waals surface area contributed by atoms with Crippen LogP contribution in [0.5, 0.6) is 0 Å². The third-order valence-electron chi connectivity index (χ3n) is 4.84. The van der Waals surface area contributed by atoms with E-state index >= 15 is 0 Å². The van der Waals surface area contributed by atoms with E-state index in [1.54, 1.807) is 0 Å². The van der Waals surface area contributed by atoms with E-state index in [4.69, 9.17) is 0 Å². The summed E-state index contributed by atoms with van der Waals surface area (Å²) >= 11 is 4.40. The van der Waals surface area contributed by atoms with Crippen LogP contribution in [0, 0.1) is 30.4 Å². The van der Waals surface area contributed by atoms with Crippen LogP contribution in [0.25, 0.3) is 11.1 Å². The van der Waals surface area contributed by atoms with E-state index < -0.39 is 17.3 Å². The predicted molar refractivity (Wildman–Crippen MR) is 122 cm³/mol. The lowest BCUT2D eigenvalue weighted by Crippen LogP contribution is -1.88. The highest BCUT2D eigenvalue weighted by atomic mass is 32.1. The van der Waals surface area contributed by atoms with Crippen LogP contribution in [-0.2, 0) is 6.42 Å². The second kappa shape index (κ2) is 10.1. The fraction of sp³-hybridized carbons (Fsp3) is 0.192. The molecule has 3 aromatic rings. The number of hydrogen-bond donors (Lipinski definition) is 0. The third-order valence-corrected chi connectivity index (χ3v) is 4.93. The summed E-state index contributed by atoms with van der Waals surface area (Å²) < 4.78 is 27.9. The van der Waals surface area contributed by atoms with Crippen molar-refractivity contribution < 1.29 is 8.78 Å². The number of nitrogens with zero attached hydrogens (tertiary/aromatic N) is 1. The summed E-state index contributed by atoms with van der Waals surface area (Å²) in [4.78, 5) is 3.40. The Morgan fingerprint density at radius 2 is 1.57 bits per heavy atom. The first kappa shape index (κ1) is 21.6. The molecule has 0 aromatic heterocycles. The Morgan fingerprint density at radius 3 is 2.17 bits per heavy atom. The van der Waals surface area contributed by atoms with Gasteiger partial charge in [0.25, 0.3) is 0 Å². The van der Waals surface area contributed by atoms with Crippen molar-refractivity contribution in [3.8, 4) is 23.0 Å². The van der Waals surface area contributed by atoms with Gasteiger partial charge < -0.3 is 0 Å². The molecule has 0 amide bonds. The number of benzene rings is 3. The zero-order chi connectivity index (χ0) is 21.5. The molecule has 0 bridgehead atoms. The van der Waals surface area contributed by atoms with Gasteiger partial charge in [-0.2, -0.15) is 4.99 Å². The molecule has 0 atom stereocenters. The van der Waals surface area contributed by atoms with Crippen molar-refractivity contribution in [1.29, 1.82) is 0 Å². The molecule has 0 aliphatic carbocycles. The average Bonchev–Trinajstić information content (AvgIpc) is 2.74. The molecule has 0 saturated heterocycles. The van der Waals surface area contributed by atoms with Gasteiger partial charge in [0.15, 0.2) is 11.6 Å².